The van der Waals surface area contributed by atoms with Gasteiger partial charge in [0.2, 0.25) is 0 Å². The van der Waals surface area contributed by atoms with Crippen LogP contribution in [0.15, 0.2) is 58.1 Å². The Morgan fingerprint density at radius 1 is 1.12 bits per heavy atom. The molecule has 0 fully saturated rings. The summed E-state index contributed by atoms with van der Waals surface area (Å²) < 4.78 is 0.928. The lowest BCUT2D eigenvalue weighted by molar-refractivity contribution is -0.120. The van der Waals surface area contributed by atoms with E-state index in [9.17, 15) is 9.59 Å². The molecule has 26 heavy (non-hydrogen) atoms. The minimum absolute atomic E-state index is 0.0290. The molecule has 136 valence electrons. The molecule has 0 aliphatic heterocycles. The molecule has 0 atom stereocenters. The topological polar surface area (TPSA) is 70.6 Å². The van der Waals surface area contributed by atoms with Crippen molar-refractivity contribution in [1.82, 2.24) is 10.7 Å². The summed E-state index contributed by atoms with van der Waals surface area (Å²) in [5, 5.41) is 6.46. The Bertz CT molecular complexity index is 809. The largest absolute Gasteiger partial charge is 0.343 e. The Hall–Kier alpha value is -2.47. The molecule has 2 rings (SSSR count). The van der Waals surface area contributed by atoms with Crippen molar-refractivity contribution in [2.24, 2.45) is 5.10 Å². The zero-order valence-electron chi connectivity index (χ0n) is 15.0. The number of hydrogen-bond acceptors (Lipinski definition) is 3. The smallest absolute Gasteiger partial charge is 0.259 e. The van der Waals surface area contributed by atoms with Crippen LogP contribution in [0.25, 0.3) is 0 Å². The quantitative estimate of drug-likeness (QED) is 0.577. The van der Waals surface area contributed by atoms with Gasteiger partial charge in [-0.1, -0.05) is 61.0 Å². The first kappa shape index (κ1) is 19.8. The van der Waals surface area contributed by atoms with Gasteiger partial charge in [0.25, 0.3) is 11.8 Å². The summed E-state index contributed by atoms with van der Waals surface area (Å²) in [5.74, 6) is -0.688. The van der Waals surface area contributed by atoms with Gasteiger partial charge in [-0.25, -0.2) is 5.43 Å². The van der Waals surface area contributed by atoms with Gasteiger partial charge >= 0.3 is 0 Å². The molecule has 0 aliphatic carbocycles. The molecule has 0 aliphatic rings. The van der Waals surface area contributed by atoms with E-state index in [1.807, 2.05) is 36.4 Å². The van der Waals surface area contributed by atoms with Gasteiger partial charge in [-0.3, -0.25) is 9.59 Å². The monoisotopic (exact) mass is 415 g/mol. The maximum Gasteiger partial charge on any atom is 0.259 e. The first-order valence-corrected chi connectivity index (χ1v) is 9.01. The molecule has 0 heterocycles. The lowest BCUT2D eigenvalue weighted by Gasteiger charge is -2.19. The average Bonchev–Trinajstić information content (AvgIpc) is 2.59. The van der Waals surface area contributed by atoms with Crippen LogP contribution in [0.5, 0.6) is 0 Å². The van der Waals surface area contributed by atoms with Crippen molar-refractivity contribution in [3.05, 3.63) is 69.7 Å². The minimum atomic E-state index is -0.393. The van der Waals surface area contributed by atoms with Gasteiger partial charge in [0.15, 0.2) is 0 Å². The number of benzene rings is 2. The summed E-state index contributed by atoms with van der Waals surface area (Å²) in [4.78, 5) is 23.9. The molecule has 2 amide bonds. The highest BCUT2D eigenvalue weighted by atomic mass is 79.9. The van der Waals surface area contributed by atoms with Gasteiger partial charge in [-0.2, -0.15) is 5.10 Å². The van der Waals surface area contributed by atoms with Crippen LogP contribution >= 0.6 is 15.9 Å². The molecule has 0 saturated carbocycles. The SMILES string of the molecule is CC(C)(C)c1ccc(C(=O)NCC(=O)N/N=C/c2cccc(Br)c2)cc1. The van der Waals surface area contributed by atoms with E-state index in [1.165, 1.54) is 6.21 Å². The highest BCUT2D eigenvalue weighted by Gasteiger charge is 2.14. The van der Waals surface area contributed by atoms with Crippen LogP contribution in [0.1, 0.15) is 42.3 Å². The van der Waals surface area contributed by atoms with Gasteiger partial charge in [-0.15, -0.1) is 0 Å². The van der Waals surface area contributed by atoms with Crippen LogP contribution in [0.2, 0.25) is 0 Å². The molecule has 0 saturated heterocycles. The molecule has 2 aromatic rings. The number of nitrogens with zero attached hydrogens (tertiary/aromatic N) is 1. The predicted molar refractivity (Wildman–Crippen MR) is 107 cm³/mol. The van der Waals surface area contributed by atoms with Crippen LogP contribution in [0.3, 0.4) is 0 Å². The van der Waals surface area contributed by atoms with E-state index in [0.29, 0.717) is 5.56 Å². The van der Waals surface area contributed by atoms with E-state index in [0.717, 1.165) is 15.6 Å². The van der Waals surface area contributed by atoms with Crippen LogP contribution < -0.4 is 10.7 Å². The number of halogens is 1. The molecular weight excluding hydrogens is 394 g/mol. The van der Waals surface area contributed by atoms with Crippen molar-refractivity contribution in [3.63, 3.8) is 0 Å². The van der Waals surface area contributed by atoms with Crippen molar-refractivity contribution in [2.75, 3.05) is 6.54 Å². The molecular formula is C20H22BrN3O2. The summed E-state index contributed by atoms with van der Waals surface area (Å²) in [6.45, 7) is 6.19. The molecule has 6 heteroatoms. The standard InChI is InChI=1S/C20H22BrN3O2/c1-20(2,3)16-9-7-15(8-10-16)19(26)22-13-18(25)24-23-12-14-5-4-6-17(21)11-14/h4-12H,13H2,1-3H3,(H,22,26)(H,24,25)/b23-12+. The molecule has 0 bridgehead atoms. The number of carbonyl (C=O) groups excluding carboxylic acids is 2. The zero-order valence-corrected chi connectivity index (χ0v) is 16.6. The highest BCUT2D eigenvalue weighted by molar-refractivity contribution is 9.10. The second-order valence-corrected chi connectivity index (χ2v) is 7.77. The molecule has 0 radical (unpaired) electrons. The molecule has 0 aromatic heterocycles. The zero-order chi connectivity index (χ0) is 19.2. The lowest BCUT2D eigenvalue weighted by Crippen LogP contribution is -2.34. The second-order valence-electron chi connectivity index (χ2n) is 6.86. The van der Waals surface area contributed by atoms with Gasteiger partial charge < -0.3 is 5.32 Å². The Morgan fingerprint density at radius 3 is 2.42 bits per heavy atom. The summed E-state index contributed by atoms with van der Waals surface area (Å²) >= 11 is 3.36. The number of carbonyl (C=O) groups is 2. The van der Waals surface area contributed by atoms with Gasteiger partial charge in [-0.05, 0) is 40.8 Å². The van der Waals surface area contributed by atoms with Crippen molar-refractivity contribution in [3.8, 4) is 0 Å². The molecule has 0 spiro atoms. The van der Waals surface area contributed by atoms with Crippen molar-refractivity contribution in [1.29, 1.82) is 0 Å². The van der Waals surface area contributed by atoms with Crippen LogP contribution in [0.4, 0.5) is 0 Å². The fourth-order valence-corrected chi connectivity index (χ4v) is 2.61. The summed E-state index contributed by atoms with van der Waals surface area (Å²) in [7, 11) is 0. The number of hydrazone groups is 1. The Balaban J connectivity index is 1.82. The lowest BCUT2D eigenvalue weighted by atomic mass is 9.87. The van der Waals surface area contributed by atoms with Crippen molar-refractivity contribution < 1.29 is 9.59 Å². The normalized spacial score (nSPS) is 11.4. The van der Waals surface area contributed by atoms with Gasteiger partial charge in [0.05, 0.1) is 12.8 Å². The Labute approximate surface area is 162 Å². The van der Waals surface area contributed by atoms with Crippen molar-refractivity contribution >= 4 is 34.0 Å². The summed E-state index contributed by atoms with van der Waals surface area (Å²) in [5.41, 5.74) is 4.93. The molecule has 2 N–H and O–H groups in total. The number of amides is 2. The Morgan fingerprint density at radius 2 is 1.81 bits per heavy atom. The fourth-order valence-electron chi connectivity index (χ4n) is 2.19. The summed E-state index contributed by atoms with van der Waals surface area (Å²) in [6.07, 6.45) is 1.54. The first-order valence-electron chi connectivity index (χ1n) is 8.22. The number of nitrogens with one attached hydrogen (secondary N) is 2. The minimum Gasteiger partial charge on any atom is -0.343 e. The second kappa shape index (κ2) is 8.76. The highest BCUT2D eigenvalue weighted by Crippen LogP contribution is 2.22. The maximum absolute atomic E-state index is 12.1. The Kier molecular flexibility index (Phi) is 6.69. The molecule has 5 nitrogen and oxygen atoms in total. The van der Waals surface area contributed by atoms with E-state index >= 15 is 0 Å². The predicted octanol–water partition coefficient (Wildman–Crippen LogP) is 3.63. The van der Waals surface area contributed by atoms with Crippen LogP contribution in [-0.4, -0.2) is 24.6 Å². The maximum atomic E-state index is 12.1. The van der Waals surface area contributed by atoms with Gasteiger partial charge in [0, 0.05) is 10.0 Å². The first-order chi connectivity index (χ1) is 12.3. The van der Waals surface area contributed by atoms with E-state index in [-0.39, 0.29) is 17.9 Å². The fraction of sp³-hybridized carbons (Fsp3) is 0.250. The van der Waals surface area contributed by atoms with Crippen molar-refractivity contribution in [2.45, 2.75) is 26.2 Å². The van der Waals surface area contributed by atoms with Gasteiger partial charge in [0.1, 0.15) is 0 Å². The number of rotatable bonds is 5. The molecule has 0 unspecified atom stereocenters. The average molecular weight is 416 g/mol. The molecule has 2 aromatic carbocycles. The van der Waals surface area contributed by atoms with Crippen LogP contribution in [0, 0.1) is 0 Å². The third-order valence-corrected chi connectivity index (χ3v) is 4.17. The third-order valence-electron chi connectivity index (χ3n) is 3.67. The third kappa shape index (κ3) is 6.11. The van der Waals surface area contributed by atoms with E-state index in [2.05, 4.69) is 52.5 Å². The summed E-state index contributed by atoms with van der Waals surface area (Å²) in [6, 6.07) is 14.9. The number of hydrogen-bond donors (Lipinski definition) is 2. The van der Waals surface area contributed by atoms with E-state index < -0.39 is 5.91 Å². The van der Waals surface area contributed by atoms with E-state index in [4.69, 9.17) is 0 Å². The van der Waals surface area contributed by atoms with Crippen LogP contribution in [-0.2, 0) is 10.2 Å². The van der Waals surface area contributed by atoms with E-state index in [1.54, 1.807) is 12.1 Å².